The zero-order chi connectivity index (χ0) is 17.6. The summed E-state index contributed by atoms with van der Waals surface area (Å²) in [6.45, 7) is -0.0413. The highest BCUT2D eigenvalue weighted by molar-refractivity contribution is 5.82. The molecule has 0 radical (unpaired) electrons. The summed E-state index contributed by atoms with van der Waals surface area (Å²) in [6, 6.07) is 12.0. The number of aryl methyl sites for hydroxylation is 1. The number of benzene rings is 2. The lowest BCUT2D eigenvalue weighted by Gasteiger charge is -2.19. The minimum absolute atomic E-state index is 0.328. The normalized spacial score (nSPS) is 12.2. The number of hydrogen-bond donors (Lipinski definition) is 1. The maximum Gasteiger partial charge on any atom is 0.341 e. The summed E-state index contributed by atoms with van der Waals surface area (Å²) < 4.78 is 26.4. The fourth-order valence-corrected chi connectivity index (χ4v) is 3.21. The highest BCUT2D eigenvalue weighted by atomic mass is 19.1. The van der Waals surface area contributed by atoms with Crippen LogP contribution in [0.5, 0.6) is 11.5 Å². The van der Waals surface area contributed by atoms with Gasteiger partial charge in [0.05, 0.1) is 16.5 Å². The van der Waals surface area contributed by atoms with Crippen molar-refractivity contribution in [2.45, 2.75) is 6.61 Å². The van der Waals surface area contributed by atoms with E-state index in [9.17, 15) is 9.18 Å². The first-order valence-electron chi connectivity index (χ1n) is 7.76. The monoisotopic (exact) mass is 340 g/mol. The molecule has 3 aromatic rings. The molecule has 4 rings (SSSR count). The van der Waals surface area contributed by atoms with E-state index in [4.69, 9.17) is 14.6 Å². The Morgan fingerprint density at radius 2 is 2.12 bits per heavy atom. The number of carboxylic acids is 1. The average molecular weight is 340 g/mol. The van der Waals surface area contributed by atoms with Gasteiger partial charge < -0.3 is 14.6 Å². The molecule has 2 aromatic carbocycles. The van der Waals surface area contributed by atoms with Crippen LogP contribution in [-0.4, -0.2) is 17.7 Å². The number of aromatic nitrogens is 1. The molecule has 1 aliphatic rings. The van der Waals surface area contributed by atoms with Crippen LogP contribution in [0.3, 0.4) is 0 Å². The molecule has 25 heavy (non-hydrogen) atoms. The summed E-state index contributed by atoms with van der Waals surface area (Å²) in [5, 5.41) is 9.65. The first-order chi connectivity index (χ1) is 12.0. The lowest BCUT2D eigenvalue weighted by Crippen LogP contribution is -2.35. The smallest absolute Gasteiger partial charge is 0.341 e. The van der Waals surface area contributed by atoms with Gasteiger partial charge in [0.25, 0.3) is 0 Å². The fraction of sp³-hybridized carbons (Fsp3) is 0.158. The molecule has 0 atom stereocenters. The van der Waals surface area contributed by atoms with Crippen LogP contribution in [0.4, 0.5) is 4.39 Å². The predicted octanol–water partition coefficient (Wildman–Crippen LogP) is 2.83. The Morgan fingerprint density at radius 3 is 2.92 bits per heavy atom. The van der Waals surface area contributed by atoms with Crippen molar-refractivity contribution in [3.63, 3.8) is 0 Å². The van der Waals surface area contributed by atoms with Crippen LogP contribution < -0.4 is 14.0 Å². The predicted molar refractivity (Wildman–Crippen MR) is 88.0 cm³/mol. The Labute approximate surface area is 142 Å². The maximum atomic E-state index is 13.5. The van der Waals surface area contributed by atoms with E-state index in [1.165, 1.54) is 12.1 Å². The van der Waals surface area contributed by atoms with Gasteiger partial charge in [-0.3, -0.25) is 0 Å². The van der Waals surface area contributed by atoms with E-state index in [1.54, 1.807) is 18.2 Å². The summed E-state index contributed by atoms with van der Waals surface area (Å²) >= 11 is 0. The van der Waals surface area contributed by atoms with Crippen LogP contribution in [-0.2, 0) is 18.4 Å². The quantitative estimate of drug-likeness (QED) is 0.745. The molecule has 0 bridgehead atoms. The molecule has 2 heterocycles. The standard InChI is InChI=1S/C19H14FNO4/c1-21-16-5-3-14(24-10-18(22)23)7-11(16)6-12-9-25-17-8-13(20)2-4-15(17)19(12)21/h2-8H,9-10H2,1H3/p+1. The molecule has 1 aliphatic heterocycles. The number of hydrogen-bond acceptors (Lipinski definition) is 3. The molecule has 5 nitrogen and oxygen atoms in total. The number of carbonyl (C=O) groups is 1. The van der Waals surface area contributed by atoms with E-state index in [-0.39, 0.29) is 12.4 Å². The van der Waals surface area contributed by atoms with Crippen LogP contribution >= 0.6 is 0 Å². The Hall–Kier alpha value is -3.15. The molecule has 0 saturated carbocycles. The number of halogens is 1. The van der Waals surface area contributed by atoms with Crippen LogP contribution in [0.2, 0.25) is 0 Å². The number of fused-ring (bicyclic) bond motifs is 4. The maximum absolute atomic E-state index is 13.5. The Bertz CT molecular complexity index is 1020. The number of aliphatic carboxylic acids is 1. The van der Waals surface area contributed by atoms with Gasteiger partial charge in [-0.2, -0.15) is 4.57 Å². The minimum atomic E-state index is -1.02. The molecule has 0 amide bonds. The van der Waals surface area contributed by atoms with E-state index < -0.39 is 5.97 Å². The van der Waals surface area contributed by atoms with Gasteiger partial charge >= 0.3 is 5.97 Å². The lowest BCUT2D eigenvalue weighted by atomic mass is 9.99. The molecular formula is C19H15FNO4+. The third kappa shape index (κ3) is 2.65. The van der Waals surface area contributed by atoms with Gasteiger partial charge in [0.1, 0.15) is 31.0 Å². The molecule has 0 unspecified atom stereocenters. The first kappa shape index (κ1) is 15.4. The van der Waals surface area contributed by atoms with Gasteiger partial charge in [0.15, 0.2) is 6.61 Å². The highest BCUT2D eigenvalue weighted by Gasteiger charge is 2.27. The number of pyridine rings is 1. The Kier molecular flexibility index (Phi) is 3.53. The SMILES string of the molecule is C[n+]1c2c(cc3cc(OCC(=O)O)ccc31)COc1cc(F)ccc1-2. The summed E-state index contributed by atoms with van der Waals surface area (Å²) in [7, 11) is 1.94. The Morgan fingerprint density at radius 1 is 1.28 bits per heavy atom. The number of carboxylic acid groups (broad SMARTS) is 1. The van der Waals surface area contributed by atoms with Crippen molar-refractivity contribution in [2.75, 3.05) is 6.61 Å². The number of rotatable bonds is 3. The second-order valence-corrected chi connectivity index (χ2v) is 5.91. The summed E-state index contributed by atoms with van der Waals surface area (Å²) in [6.07, 6.45) is 0. The van der Waals surface area contributed by atoms with Crippen molar-refractivity contribution in [3.05, 3.63) is 53.8 Å². The lowest BCUT2D eigenvalue weighted by molar-refractivity contribution is -0.634. The average Bonchev–Trinajstić information content (AvgIpc) is 2.59. The van der Waals surface area contributed by atoms with Crippen molar-refractivity contribution >= 4 is 16.9 Å². The van der Waals surface area contributed by atoms with Gasteiger partial charge in [-0.25, -0.2) is 9.18 Å². The number of nitrogens with zero attached hydrogens (tertiary/aromatic N) is 1. The zero-order valence-electron chi connectivity index (χ0n) is 13.5. The largest absolute Gasteiger partial charge is 0.488 e. The molecule has 0 aliphatic carbocycles. The van der Waals surface area contributed by atoms with Crippen molar-refractivity contribution in [2.24, 2.45) is 7.05 Å². The second kappa shape index (κ2) is 5.73. The topological polar surface area (TPSA) is 59.6 Å². The third-order valence-electron chi connectivity index (χ3n) is 4.27. The van der Waals surface area contributed by atoms with Gasteiger partial charge in [-0.05, 0) is 30.3 Å². The molecule has 0 spiro atoms. The van der Waals surface area contributed by atoms with Gasteiger partial charge in [-0.1, -0.05) is 0 Å². The molecular weight excluding hydrogens is 325 g/mol. The van der Waals surface area contributed by atoms with Gasteiger partial charge in [-0.15, -0.1) is 0 Å². The minimum Gasteiger partial charge on any atom is -0.488 e. The summed E-state index contributed by atoms with van der Waals surface area (Å²) in [4.78, 5) is 10.7. The summed E-state index contributed by atoms with van der Waals surface area (Å²) in [5.41, 5.74) is 3.76. The van der Waals surface area contributed by atoms with Crippen molar-refractivity contribution < 1.29 is 28.3 Å². The van der Waals surface area contributed by atoms with Crippen LogP contribution in [0, 0.1) is 5.82 Å². The van der Waals surface area contributed by atoms with Crippen molar-refractivity contribution in [1.82, 2.24) is 0 Å². The van der Waals surface area contributed by atoms with Crippen LogP contribution in [0.1, 0.15) is 5.56 Å². The van der Waals surface area contributed by atoms with E-state index in [2.05, 4.69) is 0 Å². The van der Waals surface area contributed by atoms with Gasteiger partial charge in [0.2, 0.25) is 11.2 Å². The number of ether oxygens (including phenoxy) is 2. The van der Waals surface area contributed by atoms with E-state index >= 15 is 0 Å². The van der Waals surface area contributed by atoms with Crippen molar-refractivity contribution in [3.8, 4) is 22.8 Å². The summed E-state index contributed by atoms with van der Waals surface area (Å²) in [5.74, 6) is -0.322. The molecule has 1 aromatic heterocycles. The molecule has 6 heteroatoms. The highest BCUT2D eigenvalue weighted by Crippen LogP contribution is 2.37. The van der Waals surface area contributed by atoms with Gasteiger partial charge in [0, 0.05) is 12.1 Å². The third-order valence-corrected chi connectivity index (χ3v) is 4.27. The van der Waals surface area contributed by atoms with Crippen LogP contribution in [0.25, 0.3) is 22.2 Å². The zero-order valence-corrected chi connectivity index (χ0v) is 13.5. The van der Waals surface area contributed by atoms with Crippen LogP contribution in [0.15, 0.2) is 42.5 Å². The second-order valence-electron chi connectivity index (χ2n) is 5.91. The molecule has 126 valence electrons. The van der Waals surface area contributed by atoms with E-state index in [1.807, 2.05) is 23.7 Å². The molecule has 0 fully saturated rings. The van der Waals surface area contributed by atoms with E-state index in [0.29, 0.717) is 18.1 Å². The Balaban J connectivity index is 1.85. The van der Waals surface area contributed by atoms with Crippen molar-refractivity contribution in [1.29, 1.82) is 0 Å². The van der Waals surface area contributed by atoms with E-state index in [0.717, 1.165) is 27.7 Å². The first-order valence-corrected chi connectivity index (χ1v) is 7.76. The molecule has 0 saturated heterocycles. The fourth-order valence-electron chi connectivity index (χ4n) is 3.21. The molecule has 1 N–H and O–H groups in total.